The van der Waals surface area contributed by atoms with Crippen molar-refractivity contribution in [2.75, 3.05) is 6.54 Å². The third kappa shape index (κ3) is 4.21. The van der Waals surface area contributed by atoms with Crippen LogP contribution in [0.25, 0.3) is 5.69 Å². The summed E-state index contributed by atoms with van der Waals surface area (Å²) in [5, 5.41) is 8.86. The average molecular weight is 459 g/mol. The van der Waals surface area contributed by atoms with Crippen molar-refractivity contribution < 1.29 is 19.1 Å². The summed E-state index contributed by atoms with van der Waals surface area (Å²) in [5.74, 6) is -3.08. The monoisotopic (exact) mass is 458 g/mol. The summed E-state index contributed by atoms with van der Waals surface area (Å²) in [4.78, 5) is 50.5. The third-order valence-electron chi connectivity index (χ3n) is 4.39. The molecule has 9 nitrogen and oxygen atoms in total. The Morgan fingerprint density at radius 1 is 1.17 bits per heavy atom. The number of rotatable bonds is 4. The number of hydrogen-bond acceptors (Lipinski definition) is 5. The zero-order valence-electron chi connectivity index (χ0n) is 16.9. The molecule has 1 amide bonds. The second-order valence-electron chi connectivity index (χ2n) is 7.54. The standard InChI is InChI=1S/C18H20ClFN4O5S/c1-18(2,3)23(8-13(25)26)14(27)9-6-12(11(20)7-10(9)19)24-15(28)21(4)17(30)22(5)16(24)29/h6-7H,8H2,1-5H3,(H,25,26). The molecule has 1 aromatic heterocycles. The van der Waals surface area contributed by atoms with Crippen LogP contribution in [0.1, 0.15) is 31.1 Å². The van der Waals surface area contributed by atoms with Crippen molar-refractivity contribution in [2.24, 2.45) is 14.1 Å². The zero-order valence-corrected chi connectivity index (χ0v) is 18.5. The molecule has 162 valence electrons. The highest BCUT2D eigenvalue weighted by atomic mass is 35.5. The molecule has 2 rings (SSSR count). The van der Waals surface area contributed by atoms with Gasteiger partial charge in [0, 0.05) is 19.6 Å². The molecule has 1 N–H and O–H groups in total. The summed E-state index contributed by atoms with van der Waals surface area (Å²) in [6.45, 7) is 4.23. The van der Waals surface area contributed by atoms with E-state index in [1.54, 1.807) is 20.8 Å². The maximum atomic E-state index is 14.7. The molecule has 0 fully saturated rings. The average Bonchev–Trinajstić information content (AvgIpc) is 2.63. The van der Waals surface area contributed by atoms with Crippen LogP contribution in [0, 0.1) is 10.6 Å². The first-order chi connectivity index (χ1) is 13.7. The van der Waals surface area contributed by atoms with E-state index < -0.39 is 46.8 Å². The van der Waals surface area contributed by atoms with Crippen molar-refractivity contribution in [2.45, 2.75) is 26.3 Å². The minimum absolute atomic E-state index is 0.0766. The molecule has 0 spiro atoms. The Morgan fingerprint density at radius 2 is 1.67 bits per heavy atom. The van der Waals surface area contributed by atoms with Crippen molar-refractivity contribution >= 4 is 35.7 Å². The Bertz CT molecular complexity index is 1190. The number of carbonyl (C=O) groups excluding carboxylic acids is 1. The molecule has 0 unspecified atom stereocenters. The van der Waals surface area contributed by atoms with Crippen molar-refractivity contribution in [3.05, 3.63) is 54.3 Å². The normalized spacial score (nSPS) is 11.4. The number of hydrogen-bond donors (Lipinski definition) is 1. The van der Waals surface area contributed by atoms with E-state index in [0.717, 1.165) is 26.2 Å². The molecule has 12 heteroatoms. The van der Waals surface area contributed by atoms with E-state index in [-0.39, 0.29) is 15.4 Å². The summed E-state index contributed by atoms with van der Waals surface area (Å²) < 4.78 is 17.1. The van der Waals surface area contributed by atoms with Crippen molar-refractivity contribution in [3.63, 3.8) is 0 Å². The number of benzene rings is 1. The molecular formula is C18H20ClFN4O5S. The van der Waals surface area contributed by atoms with Gasteiger partial charge in [0.25, 0.3) is 5.91 Å². The second-order valence-corrected chi connectivity index (χ2v) is 8.31. The summed E-state index contributed by atoms with van der Waals surface area (Å²) in [6.07, 6.45) is 0. The Balaban J connectivity index is 2.82. The fourth-order valence-electron chi connectivity index (χ4n) is 2.74. The predicted molar refractivity (Wildman–Crippen MR) is 110 cm³/mol. The highest BCUT2D eigenvalue weighted by Crippen LogP contribution is 2.26. The third-order valence-corrected chi connectivity index (χ3v) is 5.25. The molecule has 0 aliphatic rings. The van der Waals surface area contributed by atoms with E-state index in [9.17, 15) is 23.6 Å². The van der Waals surface area contributed by atoms with Crippen LogP contribution in [0.4, 0.5) is 4.39 Å². The molecule has 0 aliphatic carbocycles. The molecule has 1 heterocycles. The summed E-state index contributed by atoms with van der Waals surface area (Å²) in [6, 6.07) is 1.74. The van der Waals surface area contributed by atoms with Gasteiger partial charge in [0.2, 0.25) is 0 Å². The molecular weight excluding hydrogens is 439 g/mol. The van der Waals surface area contributed by atoms with Crippen LogP contribution >= 0.6 is 23.8 Å². The van der Waals surface area contributed by atoms with Crippen LogP contribution in [-0.4, -0.2) is 47.7 Å². The van der Waals surface area contributed by atoms with Gasteiger partial charge < -0.3 is 10.0 Å². The number of carboxylic acid groups (broad SMARTS) is 1. The fraction of sp³-hybridized carbons (Fsp3) is 0.389. The van der Waals surface area contributed by atoms with Crippen molar-refractivity contribution in [1.82, 2.24) is 18.6 Å². The lowest BCUT2D eigenvalue weighted by Gasteiger charge is -2.34. The molecule has 0 aliphatic heterocycles. The van der Waals surface area contributed by atoms with Gasteiger partial charge in [-0.2, -0.15) is 0 Å². The van der Waals surface area contributed by atoms with Crippen LogP contribution in [-0.2, 0) is 18.9 Å². The van der Waals surface area contributed by atoms with Crippen LogP contribution in [0.3, 0.4) is 0 Å². The zero-order chi connectivity index (χ0) is 23.1. The van der Waals surface area contributed by atoms with Gasteiger partial charge in [0.05, 0.1) is 16.3 Å². The summed E-state index contributed by atoms with van der Waals surface area (Å²) >= 11 is 11.1. The maximum absolute atomic E-state index is 14.7. The molecule has 0 bridgehead atoms. The van der Waals surface area contributed by atoms with E-state index in [1.165, 1.54) is 14.1 Å². The van der Waals surface area contributed by atoms with E-state index >= 15 is 0 Å². The van der Waals surface area contributed by atoms with Gasteiger partial charge in [-0.15, -0.1) is 0 Å². The maximum Gasteiger partial charge on any atom is 0.338 e. The Kier molecular flexibility index (Phi) is 6.38. The van der Waals surface area contributed by atoms with Gasteiger partial charge in [-0.3, -0.25) is 18.7 Å². The topological polar surface area (TPSA) is 107 Å². The van der Waals surface area contributed by atoms with Gasteiger partial charge in [0.1, 0.15) is 12.4 Å². The number of aliphatic carboxylic acids is 1. The number of carbonyl (C=O) groups is 2. The van der Waals surface area contributed by atoms with E-state index in [2.05, 4.69) is 0 Å². The van der Waals surface area contributed by atoms with Crippen LogP contribution in [0.15, 0.2) is 21.7 Å². The van der Waals surface area contributed by atoms with Crippen LogP contribution in [0.5, 0.6) is 0 Å². The first-order valence-corrected chi connectivity index (χ1v) is 9.39. The molecule has 0 radical (unpaired) electrons. The molecule has 30 heavy (non-hydrogen) atoms. The lowest BCUT2D eigenvalue weighted by molar-refractivity contribution is -0.138. The molecule has 0 saturated heterocycles. The Hall–Kier alpha value is -2.79. The van der Waals surface area contributed by atoms with Gasteiger partial charge >= 0.3 is 17.3 Å². The SMILES string of the molecule is Cn1c(=S)n(C)c(=O)n(-c2cc(C(=O)N(CC(=O)O)C(C)(C)C)c(Cl)cc2F)c1=O. The quantitative estimate of drug-likeness (QED) is 0.699. The lowest BCUT2D eigenvalue weighted by Crippen LogP contribution is -2.48. The number of aromatic nitrogens is 3. The molecule has 1 aromatic carbocycles. The first kappa shape index (κ1) is 23.5. The van der Waals surface area contributed by atoms with E-state index in [4.69, 9.17) is 28.9 Å². The number of nitrogens with zero attached hydrogens (tertiary/aromatic N) is 4. The second kappa shape index (κ2) is 8.15. The highest BCUT2D eigenvalue weighted by molar-refractivity contribution is 7.71. The molecule has 0 atom stereocenters. The summed E-state index contributed by atoms with van der Waals surface area (Å²) in [7, 11) is 2.63. The van der Waals surface area contributed by atoms with Gasteiger partial charge in [-0.1, -0.05) is 11.6 Å². The smallest absolute Gasteiger partial charge is 0.338 e. The van der Waals surface area contributed by atoms with E-state index in [1.807, 2.05) is 0 Å². The summed E-state index contributed by atoms with van der Waals surface area (Å²) in [5.41, 5.74) is -3.51. The largest absolute Gasteiger partial charge is 0.480 e. The van der Waals surface area contributed by atoms with Gasteiger partial charge in [-0.25, -0.2) is 18.5 Å². The number of amides is 1. The Labute approximate surface area is 180 Å². The lowest BCUT2D eigenvalue weighted by atomic mass is 10.0. The van der Waals surface area contributed by atoms with Crippen molar-refractivity contribution in [3.8, 4) is 5.69 Å². The predicted octanol–water partition coefficient (Wildman–Crippen LogP) is 1.72. The Morgan fingerprint density at radius 3 is 2.10 bits per heavy atom. The van der Waals surface area contributed by atoms with Crippen LogP contribution in [0.2, 0.25) is 5.02 Å². The minimum Gasteiger partial charge on any atom is -0.480 e. The molecule has 2 aromatic rings. The first-order valence-electron chi connectivity index (χ1n) is 8.60. The highest BCUT2D eigenvalue weighted by Gasteiger charge is 2.31. The van der Waals surface area contributed by atoms with Crippen molar-refractivity contribution in [1.29, 1.82) is 0 Å². The van der Waals surface area contributed by atoms with Gasteiger partial charge in [-0.05, 0) is 45.1 Å². The minimum atomic E-state index is -1.25. The number of carboxylic acids is 1. The fourth-order valence-corrected chi connectivity index (χ4v) is 3.13. The molecule has 0 saturated carbocycles. The van der Waals surface area contributed by atoms with Gasteiger partial charge in [0.15, 0.2) is 4.77 Å². The van der Waals surface area contributed by atoms with E-state index in [0.29, 0.717) is 4.57 Å². The number of halogens is 2. The van der Waals surface area contributed by atoms with Crippen LogP contribution < -0.4 is 11.4 Å².